The van der Waals surface area contributed by atoms with Gasteiger partial charge < -0.3 is 16.0 Å². The molecule has 0 unspecified atom stereocenters. The number of hydrogen-bond acceptors (Lipinski definition) is 5. The molecule has 3 rings (SSSR count). The van der Waals surface area contributed by atoms with Crippen LogP contribution in [0.4, 0.5) is 11.6 Å². The molecule has 0 amide bonds. The van der Waals surface area contributed by atoms with E-state index in [1.165, 1.54) is 0 Å². The smallest absolute Gasteiger partial charge is 0.260 e. The maximum Gasteiger partial charge on any atom is 0.260 e. The highest BCUT2D eigenvalue weighted by molar-refractivity contribution is 5.81. The first-order valence-electron chi connectivity index (χ1n) is 6.86. The second-order valence-electron chi connectivity index (χ2n) is 5.41. The molecule has 106 valence electrons. The monoisotopic (exact) mass is 273 g/mol. The number of hydrogen-bond donors (Lipinski definition) is 3. The number of nitrogens with two attached hydrogens (primary N) is 1. The van der Waals surface area contributed by atoms with Gasteiger partial charge in [0.05, 0.1) is 10.9 Å². The molecule has 6 heteroatoms. The van der Waals surface area contributed by atoms with Gasteiger partial charge in [-0.25, -0.2) is 4.98 Å². The van der Waals surface area contributed by atoms with Gasteiger partial charge in [0, 0.05) is 11.7 Å². The molecule has 2 aromatic rings. The minimum absolute atomic E-state index is 0.155. The van der Waals surface area contributed by atoms with E-state index in [1.54, 1.807) is 18.2 Å². The molecule has 0 atom stereocenters. The standard InChI is InChI=1S/C14H19N5O/c1-19-6-4-10(5-7-19)16-14-17-12-3-2-9(15)8-11(12)13(20)18-14/h2-3,8,10H,4-7,15H2,1H3,(H2,16,17,18,20). The van der Waals surface area contributed by atoms with Crippen LogP contribution in [-0.2, 0) is 0 Å². The Bertz CT molecular complexity index is 673. The average Bonchev–Trinajstić information content (AvgIpc) is 2.42. The number of benzene rings is 1. The van der Waals surface area contributed by atoms with Crippen molar-refractivity contribution in [3.05, 3.63) is 28.6 Å². The molecule has 20 heavy (non-hydrogen) atoms. The Morgan fingerprint density at radius 1 is 1.40 bits per heavy atom. The van der Waals surface area contributed by atoms with Gasteiger partial charge in [0.1, 0.15) is 0 Å². The van der Waals surface area contributed by atoms with E-state index in [2.05, 4.69) is 27.2 Å². The quantitative estimate of drug-likeness (QED) is 0.711. The maximum absolute atomic E-state index is 12.0. The van der Waals surface area contributed by atoms with Crippen molar-refractivity contribution in [3.63, 3.8) is 0 Å². The first kappa shape index (κ1) is 12.9. The molecule has 0 bridgehead atoms. The van der Waals surface area contributed by atoms with E-state index in [9.17, 15) is 4.79 Å². The van der Waals surface area contributed by atoms with Gasteiger partial charge in [-0.2, -0.15) is 0 Å². The van der Waals surface area contributed by atoms with Crippen LogP contribution >= 0.6 is 0 Å². The Kier molecular flexibility index (Phi) is 3.31. The zero-order chi connectivity index (χ0) is 14.1. The number of likely N-dealkylation sites (tertiary alicyclic amines) is 1. The molecule has 1 aliphatic heterocycles. The van der Waals surface area contributed by atoms with Gasteiger partial charge in [-0.3, -0.25) is 9.78 Å². The highest BCUT2D eigenvalue weighted by Gasteiger charge is 2.17. The summed E-state index contributed by atoms with van der Waals surface area (Å²) in [7, 11) is 2.12. The van der Waals surface area contributed by atoms with E-state index < -0.39 is 0 Å². The highest BCUT2D eigenvalue weighted by Crippen LogP contribution is 2.15. The summed E-state index contributed by atoms with van der Waals surface area (Å²) in [6.45, 7) is 2.12. The summed E-state index contributed by atoms with van der Waals surface area (Å²) >= 11 is 0. The van der Waals surface area contributed by atoms with E-state index in [-0.39, 0.29) is 5.56 Å². The van der Waals surface area contributed by atoms with Crippen molar-refractivity contribution in [3.8, 4) is 0 Å². The van der Waals surface area contributed by atoms with Gasteiger partial charge >= 0.3 is 0 Å². The fraction of sp³-hybridized carbons (Fsp3) is 0.429. The van der Waals surface area contributed by atoms with Crippen molar-refractivity contribution in [2.24, 2.45) is 0 Å². The molecule has 1 aromatic carbocycles. The van der Waals surface area contributed by atoms with Crippen molar-refractivity contribution < 1.29 is 0 Å². The van der Waals surface area contributed by atoms with Crippen LogP contribution in [0, 0.1) is 0 Å². The van der Waals surface area contributed by atoms with E-state index >= 15 is 0 Å². The summed E-state index contributed by atoms with van der Waals surface area (Å²) in [5.74, 6) is 0.543. The van der Waals surface area contributed by atoms with Crippen LogP contribution in [-0.4, -0.2) is 41.0 Å². The predicted molar refractivity (Wildman–Crippen MR) is 80.9 cm³/mol. The summed E-state index contributed by atoms with van der Waals surface area (Å²) in [5, 5.41) is 3.85. The van der Waals surface area contributed by atoms with Crippen LogP contribution in [0.1, 0.15) is 12.8 Å². The zero-order valence-electron chi connectivity index (χ0n) is 11.5. The Labute approximate surface area is 117 Å². The van der Waals surface area contributed by atoms with Crippen molar-refractivity contribution >= 4 is 22.5 Å². The average molecular weight is 273 g/mol. The number of piperidine rings is 1. The predicted octanol–water partition coefficient (Wildman–Crippen LogP) is 1.01. The molecule has 1 saturated heterocycles. The third-order valence-electron chi connectivity index (χ3n) is 3.79. The van der Waals surface area contributed by atoms with E-state index in [4.69, 9.17) is 5.73 Å². The molecule has 1 fully saturated rings. The van der Waals surface area contributed by atoms with E-state index in [0.717, 1.165) is 25.9 Å². The Hall–Kier alpha value is -2.08. The fourth-order valence-electron chi connectivity index (χ4n) is 2.57. The lowest BCUT2D eigenvalue weighted by Crippen LogP contribution is -2.37. The van der Waals surface area contributed by atoms with Crippen LogP contribution in [0.25, 0.3) is 10.9 Å². The molecule has 0 spiro atoms. The van der Waals surface area contributed by atoms with Gasteiger partial charge in [0.25, 0.3) is 5.56 Å². The number of nitrogens with one attached hydrogen (secondary N) is 2. The number of aromatic nitrogens is 2. The fourth-order valence-corrected chi connectivity index (χ4v) is 2.57. The van der Waals surface area contributed by atoms with Crippen molar-refractivity contribution in [1.82, 2.24) is 14.9 Å². The van der Waals surface area contributed by atoms with E-state index in [1.807, 2.05) is 0 Å². The summed E-state index contributed by atoms with van der Waals surface area (Å²) in [5.41, 5.74) is 6.77. The van der Waals surface area contributed by atoms with Crippen molar-refractivity contribution in [2.75, 3.05) is 31.2 Å². The number of anilines is 2. The van der Waals surface area contributed by atoms with Crippen molar-refractivity contribution in [2.45, 2.75) is 18.9 Å². The van der Waals surface area contributed by atoms with Crippen LogP contribution in [0.15, 0.2) is 23.0 Å². The van der Waals surface area contributed by atoms with Gasteiger partial charge in [0.2, 0.25) is 5.95 Å². The molecule has 1 aromatic heterocycles. The number of aromatic amines is 1. The topological polar surface area (TPSA) is 87.0 Å². The highest BCUT2D eigenvalue weighted by atomic mass is 16.1. The molecule has 6 nitrogen and oxygen atoms in total. The summed E-state index contributed by atoms with van der Waals surface area (Å²) in [6, 6.07) is 5.55. The summed E-state index contributed by atoms with van der Waals surface area (Å²) in [6.07, 6.45) is 2.11. The minimum Gasteiger partial charge on any atom is -0.399 e. The van der Waals surface area contributed by atoms with Crippen LogP contribution < -0.4 is 16.6 Å². The molecular formula is C14H19N5O. The van der Waals surface area contributed by atoms with Gasteiger partial charge in [-0.15, -0.1) is 0 Å². The molecule has 0 saturated carbocycles. The van der Waals surface area contributed by atoms with Gasteiger partial charge in [0.15, 0.2) is 0 Å². The van der Waals surface area contributed by atoms with Crippen LogP contribution in [0.5, 0.6) is 0 Å². The molecular weight excluding hydrogens is 254 g/mol. The third-order valence-corrected chi connectivity index (χ3v) is 3.79. The molecule has 0 aliphatic carbocycles. The van der Waals surface area contributed by atoms with Crippen molar-refractivity contribution in [1.29, 1.82) is 0 Å². The SMILES string of the molecule is CN1CCC(Nc2nc3ccc(N)cc3c(=O)[nH]2)CC1. The third kappa shape index (κ3) is 2.60. The molecule has 1 aliphatic rings. The number of fused-ring (bicyclic) bond motifs is 1. The van der Waals surface area contributed by atoms with Crippen LogP contribution in [0.2, 0.25) is 0 Å². The first-order valence-corrected chi connectivity index (χ1v) is 6.86. The lowest BCUT2D eigenvalue weighted by Gasteiger charge is -2.29. The van der Waals surface area contributed by atoms with Gasteiger partial charge in [-0.1, -0.05) is 0 Å². The summed E-state index contributed by atoms with van der Waals surface area (Å²) < 4.78 is 0. The molecule has 2 heterocycles. The second kappa shape index (κ2) is 5.13. The Morgan fingerprint density at radius 2 is 2.15 bits per heavy atom. The molecule has 4 N–H and O–H groups in total. The van der Waals surface area contributed by atoms with E-state index in [0.29, 0.717) is 28.6 Å². The number of rotatable bonds is 2. The number of H-pyrrole nitrogens is 1. The largest absolute Gasteiger partial charge is 0.399 e. The zero-order valence-corrected chi connectivity index (χ0v) is 11.5. The lowest BCUT2D eigenvalue weighted by molar-refractivity contribution is 0.263. The molecule has 0 radical (unpaired) electrons. The minimum atomic E-state index is -0.155. The maximum atomic E-state index is 12.0. The van der Waals surface area contributed by atoms with Gasteiger partial charge in [-0.05, 0) is 51.2 Å². The summed E-state index contributed by atoms with van der Waals surface area (Å²) in [4.78, 5) is 21.6. The normalized spacial score (nSPS) is 17.4. The van der Waals surface area contributed by atoms with Crippen LogP contribution in [0.3, 0.4) is 0 Å². The lowest BCUT2D eigenvalue weighted by atomic mass is 10.1. The number of nitrogen functional groups attached to an aromatic ring is 1. The first-order chi connectivity index (χ1) is 9.61. The Balaban J connectivity index is 1.85. The Morgan fingerprint density at radius 3 is 2.90 bits per heavy atom. The number of nitrogens with zero attached hydrogens (tertiary/aromatic N) is 2. The second-order valence-corrected chi connectivity index (χ2v) is 5.41.